The molecule has 7 nitrogen and oxygen atoms in total. The molecule has 0 spiro atoms. The fourth-order valence-electron chi connectivity index (χ4n) is 4.04. The quantitative estimate of drug-likeness (QED) is 0.643. The van der Waals surface area contributed by atoms with Gasteiger partial charge in [0.15, 0.2) is 0 Å². The Balaban J connectivity index is 1.46. The summed E-state index contributed by atoms with van der Waals surface area (Å²) in [6.45, 7) is 2.99. The van der Waals surface area contributed by atoms with Crippen LogP contribution in [0.5, 0.6) is 0 Å². The van der Waals surface area contributed by atoms with Gasteiger partial charge in [-0.05, 0) is 38.2 Å². The minimum atomic E-state index is -0.489. The Bertz CT molecular complexity index is 662. The molecule has 2 fully saturated rings. The molecule has 0 aromatic heterocycles. The van der Waals surface area contributed by atoms with Crippen LogP contribution < -0.4 is 10.6 Å². The van der Waals surface area contributed by atoms with Gasteiger partial charge in [0.1, 0.15) is 6.10 Å². The summed E-state index contributed by atoms with van der Waals surface area (Å²) in [4.78, 5) is 24.9. The van der Waals surface area contributed by atoms with Crippen LogP contribution in [-0.4, -0.2) is 55.0 Å². The zero-order chi connectivity index (χ0) is 20.6. The van der Waals surface area contributed by atoms with Crippen LogP contribution in [0.15, 0.2) is 30.3 Å². The fraction of sp³-hybridized carbons (Fsp3) is 0.636. The van der Waals surface area contributed by atoms with E-state index in [0.717, 1.165) is 18.4 Å². The van der Waals surface area contributed by atoms with Crippen LogP contribution >= 0.6 is 0 Å². The molecule has 3 rings (SSSR count). The van der Waals surface area contributed by atoms with Crippen molar-refractivity contribution in [2.75, 3.05) is 19.8 Å². The molecule has 2 aliphatic heterocycles. The van der Waals surface area contributed by atoms with Crippen molar-refractivity contribution >= 4 is 11.8 Å². The fourth-order valence-corrected chi connectivity index (χ4v) is 4.04. The Morgan fingerprint density at radius 3 is 2.55 bits per heavy atom. The number of hydrogen-bond acceptors (Lipinski definition) is 5. The van der Waals surface area contributed by atoms with E-state index in [9.17, 15) is 14.7 Å². The van der Waals surface area contributed by atoms with Crippen LogP contribution in [0.25, 0.3) is 0 Å². The second kappa shape index (κ2) is 10.7. The highest BCUT2D eigenvalue weighted by molar-refractivity contribution is 5.79. The number of aliphatic hydroxyl groups is 1. The van der Waals surface area contributed by atoms with Gasteiger partial charge in [0.25, 0.3) is 0 Å². The van der Waals surface area contributed by atoms with Crippen molar-refractivity contribution in [2.45, 2.75) is 63.3 Å². The normalized spacial score (nSPS) is 26.5. The van der Waals surface area contributed by atoms with Crippen molar-refractivity contribution < 1.29 is 24.2 Å². The molecule has 7 heteroatoms. The molecule has 0 radical (unpaired) electrons. The summed E-state index contributed by atoms with van der Waals surface area (Å²) in [6.07, 6.45) is 2.31. The van der Waals surface area contributed by atoms with Gasteiger partial charge < -0.3 is 25.2 Å². The number of carbonyl (C=O) groups excluding carboxylic acids is 2. The van der Waals surface area contributed by atoms with Crippen LogP contribution in [0.3, 0.4) is 0 Å². The molecule has 2 aliphatic rings. The first-order valence-electron chi connectivity index (χ1n) is 10.6. The molecular weight excluding hydrogens is 372 g/mol. The number of nitrogens with one attached hydrogen (secondary N) is 2. The Morgan fingerprint density at radius 2 is 1.86 bits per heavy atom. The number of benzene rings is 1. The van der Waals surface area contributed by atoms with Crippen LogP contribution in [0.4, 0.5) is 0 Å². The Morgan fingerprint density at radius 1 is 1.14 bits per heavy atom. The molecular formula is C22H32N2O5. The van der Waals surface area contributed by atoms with E-state index in [0.29, 0.717) is 26.1 Å². The van der Waals surface area contributed by atoms with Crippen molar-refractivity contribution in [3.63, 3.8) is 0 Å². The van der Waals surface area contributed by atoms with Crippen LogP contribution in [0.2, 0.25) is 0 Å². The van der Waals surface area contributed by atoms with Crippen molar-refractivity contribution in [1.82, 2.24) is 10.6 Å². The van der Waals surface area contributed by atoms with Crippen molar-refractivity contribution in [3.8, 4) is 0 Å². The van der Waals surface area contributed by atoms with Gasteiger partial charge in [-0.15, -0.1) is 0 Å². The number of hydrogen-bond donors (Lipinski definition) is 3. The van der Waals surface area contributed by atoms with E-state index in [1.165, 1.54) is 0 Å². The number of aliphatic hydroxyl groups excluding tert-OH is 1. The Hall–Kier alpha value is -1.96. The molecule has 0 unspecified atom stereocenters. The van der Waals surface area contributed by atoms with Crippen molar-refractivity contribution in [2.24, 2.45) is 5.92 Å². The Kier molecular flexibility index (Phi) is 8.03. The summed E-state index contributed by atoms with van der Waals surface area (Å²) in [5.41, 5.74) is 1.05. The maximum absolute atomic E-state index is 12.5. The van der Waals surface area contributed by atoms with Gasteiger partial charge in [-0.3, -0.25) is 9.59 Å². The first kappa shape index (κ1) is 21.7. The first-order valence-corrected chi connectivity index (χ1v) is 10.6. The summed E-state index contributed by atoms with van der Waals surface area (Å²) in [6, 6.07) is 9.50. The lowest BCUT2D eigenvalue weighted by Crippen LogP contribution is -2.53. The highest BCUT2D eigenvalue weighted by Gasteiger charge is 2.34. The highest BCUT2D eigenvalue weighted by Crippen LogP contribution is 2.24. The van der Waals surface area contributed by atoms with E-state index in [2.05, 4.69) is 10.6 Å². The molecule has 1 aromatic rings. The zero-order valence-corrected chi connectivity index (χ0v) is 17.0. The van der Waals surface area contributed by atoms with Crippen molar-refractivity contribution in [3.05, 3.63) is 35.9 Å². The summed E-state index contributed by atoms with van der Waals surface area (Å²) < 4.78 is 11.3. The molecule has 160 valence electrons. The van der Waals surface area contributed by atoms with E-state index in [4.69, 9.17) is 9.47 Å². The minimum absolute atomic E-state index is 0.00762. The third-order valence-corrected chi connectivity index (χ3v) is 5.81. The second-order valence-corrected chi connectivity index (χ2v) is 7.96. The maximum atomic E-state index is 12.5. The summed E-state index contributed by atoms with van der Waals surface area (Å²) >= 11 is 0. The van der Waals surface area contributed by atoms with Crippen LogP contribution in [0.1, 0.15) is 50.6 Å². The van der Waals surface area contributed by atoms with Gasteiger partial charge in [-0.1, -0.05) is 30.3 Å². The van der Waals surface area contributed by atoms with Gasteiger partial charge in [-0.25, -0.2) is 0 Å². The topological polar surface area (TPSA) is 96.9 Å². The molecule has 0 aliphatic carbocycles. The average Bonchev–Trinajstić information content (AvgIpc) is 2.75. The van der Waals surface area contributed by atoms with Gasteiger partial charge in [0.2, 0.25) is 11.8 Å². The van der Waals surface area contributed by atoms with E-state index in [-0.39, 0.29) is 48.9 Å². The molecule has 0 saturated carbocycles. The molecule has 2 saturated heterocycles. The molecule has 1 aromatic carbocycles. The highest BCUT2D eigenvalue weighted by atomic mass is 16.5. The van der Waals surface area contributed by atoms with E-state index >= 15 is 0 Å². The smallest absolute Gasteiger partial charge is 0.223 e. The third kappa shape index (κ3) is 6.26. The van der Waals surface area contributed by atoms with Gasteiger partial charge >= 0.3 is 0 Å². The van der Waals surface area contributed by atoms with Crippen molar-refractivity contribution in [1.29, 1.82) is 0 Å². The predicted molar refractivity (Wildman–Crippen MR) is 108 cm³/mol. The standard InChI is InChI=1S/C22H32N2O5/c1-15(16-5-3-2-4-6-16)23-21(26)13-18-7-8-19(20(14-25)29-18)24-22(27)17-9-11-28-12-10-17/h2-6,15,17-20,25H,7-14H2,1H3,(H,23,26)(H,24,27)/t15-,18-,19-,20+/m0/s1. The molecule has 2 heterocycles. The largest absolute Gasteiger partial charge is 0.394 e. The summed E-state index contributed by atoms with van der Waals surface area (Å²) in [7, 11) is 0. The Labute approximate surface area is 172 Å². The van der Waals surface area contributed by atoms with Gasteiger partial charge in [0, 0.05) is 19.1 Å². The molecule has 29 heavy (non-hydrogen) atoms. The predicted octanol–water partition coefficient (Wildman–Crippen LogP) is 1.71. The molecule has 2 amide bonds. The number of rotatable bonds is 7. The lowest BCUT2D eigenvalue weighted by molar-refractivity contribution is -0.139. The number of ether oxygens (including phenoxy) is 2. The molecule has 0 bridgehead atoms. The second-order valence-electron chi connectivity index (χ2n) is 7.96. The summed E-state index contributed by atoms with van der Waals surface area (Å²) in [5.74, 6) is -0.105. The minimum Gasteiger partial charge on any atom is -0.394 e. The van der Waals surface area contributed by atoms with E-state index in [1.807, 2.05) is 37.3 Å². The number of carbonyl (C=O) groups is 2. The van der Waals surface area contributed by atoms with E-state index in [1.54, 1.807) is 0 Å². The SMILES string of the molecule is C[C@H](NC(=O)C[C@@H]1CC[C@H](NC(=O)C2CCOCC2)[C@@H](CO)O1)c1ccccc1. The average molecular weight is 405 g/mol. The lowest BCUT2D eigenvalue weighted by atomic mass is 9.94. The van der Waals surface area contributed by atoms with E-state index < -0.39 is 6.10 Å². The summed E-state index contributed by atoms with van der Waals surface area (Å²) in [5, 5.41) is 15.8. The molecule has 3 N–H and O–H groups in total. The lowest BCUT2D eigenvalue weighted by Gasteiger charge is -2.37. The zero-order valence-electron chi connectivity index (χ0n) is 17.0. The number of amides is 2. The van der Waals surface area contributed by atoms with Crippen LogP contribution in [0, 0.1) is 5.92 Å². The monoisotopic (exact) mass is 404 g/mol. The molecule has 4 atom stereocenters. The van der Waals surface area contributed by atoms with Gasteiger partial charge in [0.05, 0.1) is 31.2 Å². The van der Waals surface area contributed by atoms with Crippen LogP contribution in [-0.2, 0) is 19.1 Å². The van der Waals surface area contributed by atoms with Gasteiger partial charge in [-0.2, -0.15) is 0 Å². The first-order chi connectivity index (χ1) is 14.1. The maximum Gasteiger partial charge on any atom is 0.223 e. The third-order valence-electron chi connectivity index (χ3n) is 5.81.